The molecule has 0 bridgehead atoms. The van der Waals surface area contributed by atoms with Gasteiger partial charge in [-0.1, -0.05) is 43.0 Å². The Bertz CT molecular complexity index is 891. The molecule has 0 saturated carbocycles. The predicted molar refractivity (Wildman–Crippen MR) is 116 cm³/mol. The largest absolute Gasteiger partial charge is 0.345 e. The number of aryl methyl sites for hydroxylation is 3. The van der Waals surface area contributed by atoms with Gasteiger partial charge in [-0.05, 0) is 74.4 Å². The molecule has 0 N–H and O–H groups in total. The number of nitrogens with zero attached hydrogens (tertiary/aromatic N) is 1. The molecule has 148 valence electrons. The second-order valence-corrected chi connectivity index (χ2v) is 7.38. The van der Waals surface area contributed by atoms with Crippen LogP contribution in [0.3, 0.4) is 0 Å². The van der Waals surface area contributed by atoms with E-state index in [9.17, 15) is 9.18 Å². The molecule has 0 aliphatic carbocycles. The lowest BCUT2D eigenvalue weighted by molar-refractivity contribution is -0.116. The van der Waals surface area contributed by atoms with Crippen molar-refractivity contribution in [1.29, 1.82) is 0 Å². The highest BCUT2D eigenvalue weighted by atomic mass is 19.1. The van der Waals surface area contributed by atoms with Gasteiger partial charge < -0.3 is 4.90 Å². The third-order valence-corrected chi connectivity index (χ3v) is 5.33. The molecule has 0 heterocycles. The molecule has 0 radical (unpaired) electrons. The standard InChI is InChI=1S/C25H30FNO/c1-7-21(16-19(4)28)24(15-14-22-12-8-10-17(2)20(22)5)27(6)25-18(3)11-9-13-23(25)26/h7-13H,1,14-16H2,2-6H3/b24-21+. The third-order valence-electron chi connectivity index (χ3n) is 5.33. The number of halogens is 1. The van der Waals surface area contributed by atoms with E-state index in [0.29, 0.717) is 18.5 Å². The molecule has 2 nitrogen and oxygen atoms in total. The minimum absolute atomic E-state index is 0.0674. The van der Waals surface area contributed by atoms with Crippen LogP contribution in [0.1, 0.15) is 42.0 Å². The smallest absolute Gasteiger partial charge is 0.147 e. The summed E-state index contributed by atoms with van der Waals surface area (Å²) in [6, 6.07) is 11.4. The highest BCUT2D eigenvalue weighted by molar-refractivity contribution is 5.79. The first-order valence-electron chi connectivity index (χ1n) is 9.64. The Morgan fingerprint density at radius 3 is 2.36 bits per heavy atom. The summed E-state index contributed by atoms with van der Waals surface area (Å²) in [5.41, 5.74) is 6.98. The maximum absolute atomic E-state index is 14.6. The fourth-order valence-electron chi connectivity index (χ4n) is 3.62. The van der Waals surface area contributed by atoms with E-state index < -0.39 is 0 Å². The van der Waals surface area contributed by atoms with Crippen LogP contribution in [0.2, 0.25) is 0 Å². The van der Waals surface area contributed by atoms with Crippen LogP contribution >= 0.6 is 0 Å². The molecule has 0 aliphatic heterocycles. The van der Waals surface area contributed by atoms with E-state index in [-0.39, 0.29) is 11.6 Å². The summed E-state index contributed by atoms with van der Waals surface area (Å²) >= 11 is 0. The van der Waals surface area contributed by atoms with Crippen molar-refractivity contribution in [2.75, 3.05) is 11.9 Å². The molecular formula is C25H30FNO. The number of para-hydroxylation sites is 1. The molecule has 0 amide bonds. The molecule has 0 spiro atoms. The van der Waals surface area contributed by atoms with Gasteiger partial charge in [-0.2, -0.15) is 0 Å². The lowest BCUT2D eigenvalue weighted by atomic mass is 9.96. The van der Waals surface area contributed by atoms with Gasteiger partial charge in [-0.25, -0.2) is 4.39 Å². The van der Waals surface area contributed by atoms with E-state index in [2.05, 4.69) is 38.6 Å². The van der Waals surface area contributed by atoms with Gasteiger partial charge in [0.15, 0.2) is 0 Å². The van der Waals surface area contributed by atoms with Crippen molar-refractivity contribution in [1.82, 2.24) is 0 Å². The summed E-state index contributed by atoms with van der Waals surface area (Å²) < 4.78 is 14.6. The molecule has 3 heteroatoms. The molecular weight excluding hydrogens is 349 g/mol. The first-order valence-corrected chi connectivity index (χ1v) is 9.64. The summed E-state index contributed by atoms with van der Waals surface area (Å²) in [5.74, 6) is -0.198. The van der Waals surface area contributed by atoms with E-state index >= 15 is 0 Å². The Hall–Kier alpha value is -2.68. The van der Waals surface area contributed by atoms with Crippen LogP contribution in [-0.2, 0) is 11.2 Å². The van der Waals surface area contributed by atoms with Crippen LogP contribution in [0.4, 0.5) is 10.1 Å². The quantitative estimate of drug-likeness (QED) is 0.506. The predicted octanol–water partition coefficient (Wildman–Crippen LogP) is 6.24. The number of allylic oxidation sites excluding steroid dienone is 3. The average Bonchev–Trinajstić information content (AvgIpc) is 2.63. The first-order chi connectivity index (χ1) is 13.3. The zero-order chi connectivity index (χ0) is 20.8. The third kappa shape index (κ3) is 4.98. The van der Waals surface area contributed by atoms with Crippen molar-refractivity contribution in [2.45, 2.75) is 47.0 Å². The summed E-state index contributed by atoms with van der Waals surface area (Å²) in [6.45, 7) is 11.6. The van der Waals surface area contributed by atoms with Crippen molar-refractivity contribution in [2.24, 2.45) is 0 Å². The molecule has 2 aromatic rings. The number of Topliss-reactive ketones (excluding diaryl/α,β-unsaturated/α-hetero) is 1. The Balaban J connectivity index is 2.48. The van der Waals surface area contributed by atoms with Crippen LogP contribution < -0.4 is 4.90 Å². The summed E-state index contributed by atoms with van der Waals surface area (Å²) in [5, 5.41) is 0. The fourth-order valence-corrected chi connectivity index (χ4v) is 3.62. The second-order valence-electron chi connectivity index (χ2n) is 7.38. The number of hydrogen-bond donors (Lipinski definition) is 0. The first kappa shape index (κ1) is 21.6. The number of carbonyl (C=O) groups is 1. The lowest BCUT2D eigenvalue weighted by Crippen LogP contribution is -2.22. The SMILES string of the molecule is C=C/C(CC(C)=O)=C(/CCc1cccc(C)c1C)N(C)c1c(C)cccc1F. The molecule has 0 unspecified atom stereocenters. The molecule has 0 aliphatic rings. The highest BCUT2D eigenvalue weighted by Crippen LogP contribution is 2.30. The van der Waals surface area contributed by atoms with Crippen molar-refractivity contribution in [3.8, 4) is 0 Å². The van der Waals surface area contributed by atoms with E-state index in [1.54, 1.807) is 19.1 Å². The van der Waals surface area contributed by atoms with Crippen molar-refractivity contribution in [3.63, 3.8) is 0 Å². The van der Waals surface area contributed by atoms with Gasteiger partial charge in [-0.3, -0.25) is 4.79 Å². The van der Waals surface area contributed by atoms with Gasteiger partial charge in [-0.15, -0.1) is 0 Å². The number of hydrogen-bond acceptors (Lipinski definition) is 2. The molecule has 2 aromatic carbocycles. The Labute approximate surface area is 168 Å². The summed E-state index contributed by atoms with van der Waals surface area (Å²) in [6.07, 6.45) is 3.54. The van der Waals surface area contributed by atoms with Crippen molar-refractivity contribution >= 4 is 11.5 Å². The minimum Gasteiger partial charge on any atom is -0.345 e. The summed E-state index contributed by atoms with van der Waals surface area (Å²) in [4.78, 5) is 13.7. The van der Waals surface area contributed by atoms with Gasteiger partial charge in [0.2, 0.25) is 0 Å². The van der Waals surface area contributed by atoms with Gasteiger partial charge in [0.1, 0.15) is 11.6 Å². The van der Waals surface area contributed by atoms with Crippen molar-refractivity contribution < 1.29 is 9.18 Å². The molecule has 0 atom stereocenters. The number of anilines is 1. The monoisotopic (exact) mass is 379 g/mol. The maximum Gasteiger partial charge on any atom is 0.147 e. The van der Waals surface area contributed by atoms with Gasteiger partial charge >= 0.3 is 0 Å². The number of rotatable bonds is 8. The number of carbonyl (C=O) groups excluding carboxylic acids is 1. The average molecular weight is 380 g/mol. The molecule has 2 rings (SSSR count). The molecule has 0 saturated heterocycles. The second kappa shape index (κ2) is 9.50. The van der Waals surface area contributed by atoms with Gasteiger partial charge in [0.05, 0.1) is 5.69 Å². The topological polar surface area (TPSA) is 20.3 Å². The normalized spacial score (nSPS) is 11.8. The van der Waals surface area contributed by atoms with Crippen LogP contribution in [0.5, 0.6) is 0 Å². The van der Waals surface area contributed by atoms with E-state index in [1.165, 1.54) is 22.8 Å². The summed E-state index contributed by atoms with van der Waals surface area (Å²) in [7, 11) is 1.87. The van der Waals surface area contributed by atoms with Crippen LogP contribution in [0, 0.1) is 26.6 Å². The van der Waals surface area contributed by atoms with E-state index in [1.807, 2.05) is 24.9 Å². The highest BCUT2D eigenvalue weighted by Gasteiger charge is 2.18. The van der Waals surface area contributed by atoms with Crippen LogP contribution in [-0.4, -0.2) is 12.8 Å². The molecule has 28 heavy (non-hydrogen) atoms. The Kier molecular flexibility index (Phi) is 7.33. The zero-order valence-electron chi connectivity index (χ0n) is 17.6. The zero-order valence-corrected chi connectivity index (χ0v) is 17.6. The van der Waals surface area contributed by atoms with Gasteiger partial charge in [0.25, 0.3) is 0 Å². The van der Waals surface area contributed by atoms with Gasteiger partial charge in [0, 0.05) is 19.2 Å². The van der Waals surface area contributed by atoms with Crippen LogP contribution in [0.15, 0.2) is 60.3 Å². The lowest BCUT2D eigenvalue weighted by Gasteiger charge is -2.28. The number of benzene rings is 2. The molecule has 0 aromatic heterocycles. The maximum atomic E-state index is 14.6. The minimum atomic E-state index is -0.266. The van der Waals surface area contributed by atoms with E-state index in [0.717, 1.165) is 23.3 Å². The van der Waals surface area contributed by atoms with E-state index in [4.69, 9.17) is 0 Å². The van der Waals surface area contributed by atoms with Crippen molar-refractivity contribution in [3.05, 3.63) is 88.4 Å². The number of ketones is 1. The van der Waals surface area contributed by atoms with Crippen LogP contribution in [0.25, 0.3) is 0 Å². The molecule has 0 fully saturated rings. The Morgan fingerprint density at radius 1 is 1.11 bits per heavy atom. The fraction of sp³-hybridized carbons (Fsp3) is 0.320. The Morgan fingerprint density at radius 2 is 1.75 bits per heavy atom.